The number of benzene rings is 2. The molecule has 0 spiro atoms. The Hall–Kier alpha value is -3.19. The SMILES string of the molecule is C=CCOc1ccc(CN(C[C@H]2CCCO2)C(=O)c2ccc3c(c2)OCCO3)cc1OC. The van der Waals surface area contributed by atoms with Gasteiger partial charge < -0.3 is 28.6 Å². The predicted molar refractivity (Wildman–Crippen MR) is 120 cm³/mol. The zero-order chi connectivity index (χ0) is 22.3. The predicted octanol–water partition coefficient (Wildman–Crippen LogP) is 3.85. The summed E-state index contributed by atoms with van der Waals surface area (Å²) in [6, 6.07) is 11.0. The molecule has 1 atom stereocenters. The summed E-state index contributed by atoms with van der Waals surface area (Å²) in [6.07, 6.45) is 3.68. The van der Waals surface area contributed by atoms with Crippen molar-refractivity contribution >= 4 is 5.91 Å². The lowest BCUT2D eigenvalue weighted by Crippen LogP contribution is -2.37. The monoisotopic (exact) mass is 439 g/mol. The summed E-state index contributed by atoms with van der Waals surface area (Å²) in [7, 11) is 1.60. The molecule has 0 radical (unpaired) electrons. The zero-order valence-corrected chi connectivity index (χ0v) is 18.4. The Morgan fingerprint density at radius 3 is 2.72 bits per heavy atom. The molecule has 1 amide bonds. The summed E-state index contributed by atoms with van der Waals surface area (Å²) in [6.45, 7) is 6.73. The minimum absolute atomic E-state index is 0.0354. The van der Waals surface area contributed by atoms with Gasteiger partial charge in [0.1, 0.15) is 19.8 Å². The minimum Gasteiger partial charge on any atom is -0.493 e. The van der Waals surface area contributed by atoms with Crippen LogP contribution in [0.3, 0.4) is 0 Å². The lowest BCUT2D eigenvalue weighted by atomic mass is 10.1. The average Bonchev–Trinajstić information content (AvgIpc) is 3.35. The van der Waals surface area contributed by atoms with Gasteiger partial charge in [0.05, 0.1) is 13.2 Å². The van der Waals surface area contributed by atoms with E-state index in [1.54, 1.807) is 31.4 Å². The van der Waals surface area contributed by atoms with E-state index in [2.05, 4.69) is 6.58 Å². The molecule has 0 N–H and O–H groups in total. The number of fused-ring (bicyclic) bond motifs is 1. The first kappa shape index (κ1) is 22.0. The molecule has 0 aliphatic carbocycles. The Balaban J connectivity index is 1.56. The number of ether oxygens (including phenoxy) is 5. The zero-order valence-electron chi connectivity index (χ0n) is 18.4. The van der Waals surface area contributed by atoms with E-state index in [0.29, 0.717) is 61.5 Å². The van der Waals surface area contributed by atoms with Crippen LogP contribution in [-0.2, 0) is 11.3 Å². The molecule has 1 saturated heterocycles. The first-order valence-electron chi connectivity index (χ1n) is 10.9. The van der Waals surface area contributed by atoms with Crippen molar-refractivity contribution in [3.05, 3.63) is 60.2 Å². The van der Waals surface area contributed by atoms with Crippen LogP contribution < -0.4 is 18.9 Å². The van der Waals surface area contributed by atoms with Crippen LogP contribution in [0.15, 0.2) is 49.1 Å². The first-order chi connectivity index (χ1) is 15.7. The number of carbonyl (C=O) groups excluding carboxylic acids is 1. The maximum absolute atomic E-state index is 13.5. The van der Waals surface area contributed by atoms with Crippen LogP contribution in [0.5, 0.6) is 23.0 Å². The summed E-state index contributed by atoms with van der Waals surface area (Å²) < 4.78 is 28.2. The second-order valence-electron chi connectivity index (χ2n) is 7.76. The van der Waals surface area contributed by atoms with Crippen molar-refractivity contribution in [2.75, 3.05) is 40.1 Å². The van der Waals surface area contributed by atoms with E-state index in [9.17, 15) is 4.79 Å². The highest BCUT2D eigenvalue weighted by Gasteiger charge is 2.25. The van der Waals surface area contributed by atoms with Gasteiger partial charge in [-0.15, -0.1) is 0 Å². The molecular formula is C25H29NO6. The molecule has 0 unspecified atom stereocenters. The Morgan fingerprint density at radius 1 is 1.12 bits per heavy atom. The molecule has 0 saturated carbocycles. The fraction of sp³-hybridized carbons (Fsp3) is 0.400. The summed E-state index contributed by atoms with van der Waals surface area (Å²) in [5.41, 5.74) is 1.50. The standard InChI is InChI=1S/C25H29NO6/c1-3-10-30-21-8-6-18(14-23(21)28-2)16-26(17-20-5-4-11-29-20)25(27)19-7-9-22-24(15-19)32-13-12-31-22/h3,6-9,14-15,20H,1,4-5,10-13,16-17H2,2H3/t20-/m1/s1. The van der Waals surface area contributed by atoms with Gasteiger partial charge in [0.15, 0.2) is 23.0 Å². The highest BCUT2D eigenvalue weighted by Crippen LogP contribution is 2.32. The summed E-state index contributed by atoms with van der Waals surface area (Å²) in [5.74, 6) is 2.44. The van der Waals surface area contributed by atoms with E-state index in [1.165, 1.54) is 0 Å². The molecule has 7 nitrogen and oxygen atoms in total. The van der Waals surface area contributed by atoms with E-state index in [0.717, 1.165) is 25.0 Å². The third-order valence-corrected chi connectivity index (χ3v) is 5.48. The largest absolute Gasteiger partial charge is 0.493 e. The van der Waals surface area contributed by atoms with Crippen molar-refractivity contribution in [2.24, 2.45) is 0 Å². The van der Waals surface area contributed by atoms with E-state index in [1.807, 2.05) is 23.1 Å². The van der Waals surface area contributed by atoms with Gasteiger partial charge in [0.2, 0.25) is 0 Å². The molecule has 2 aliphatic rings. The Bertz CT molecular complexity index is 953. The lowest BCUT2D eigenvalue weighted by molar-refractivity contribution is 0.0506. The smallest absolute Gasteiger partial charge is 0.254 e. The lowest BCUT2D eigenvalue weighted by Gasteiger charge is -2.27. The maximum Gasteiger partial charge on any atom is 0.254 e. The van der Waals surface area contributed by atoms with Crippen molar-refractivity contribution in [1.29, 1.82) is 0 Å². The fourth-order valence-corrected chi connectivity index (χ4v) is 3.91. The van der Waals surface area contributed by atoms with Gasteiger partial charge in [0.25, 0.3) is 5.91 Å². The number of hydrogen-bond acceptors (Lipinski definition) is 6. The number of hydrogen-bond donors (Lipinski definition) is 0. The minimum atomic E-state index is -0.0802. The molecule has 32 heavy (non-hydrogen) atoms. The Morgan fingerprint density at radius 2 is 1.97 bits per heavy atom. The molecule has 2 aromatic rings. The summed E-state index contributed by atoms with van der Waals surface area (Å²) in [4.78, 5) is 15.3. The van der Waals surface area contributed by atoms with Gasteiger partial charge in [0, 0.05) is 25.3 Å². The van der Waals surface area contributed by atoms with Gasteiger partial charge in [-0.3, -0.25) is 4.79 Å². The van der Waals surface area contributed by atoms with Crippen molar-refractivity contribution in [3.63, 3.8) is 0 Å². The van der Waals surface area contributed by atoms with Gasteiger partial charge in [-0.25, -0.2) is 0 Å². The van der Waals surface area contributed by atoms with Crippen LogP contribution in [0.4, 0.5) is 0 Å². The van der Waals surface area contributed by atoms with Crippen molar-refractivity contribution < 1.29 is 28.5 Å². The molecule has 2 heterocycles. The van der Waals surface area contributed by atoms with Crippen LogP contribution in [0, 0.1) is 0 Å². The quantitative estimate of drug-likeness (QED) is 0.553. The number of amides is 1. The maximum atomic E-state index is 13.5. The second-order valence-corrected chi connectivity index (χ2v) is 7.76. The molecular weight excluding hydrogens is 410 g/mol. The molecule has 170 valence electrons. The normalized spacial score (nSPS) is 17.0. The topological polar surface area (TPSA) is 66.5 Å². The van der Waals surface area contributed by atoms with Gasteiger partial charge in [-0.05, 0) is 48.7 Å². The van der Waals surface area contributed by atoms with Gasteiger partial charge in [-0.2, -0.15) is 0 Å². The molecule has 7 heteroatoms. The highest BCUT2D eigenvalue weighted by atomic mass is 16.6. The molecule has 0 aromatic heterocycles. The van der Waals surface area contributed by atoms with Crippen LogP contribution >= 0.6 is 0 Å². The summed E-state index contributed by atoms with van der Waals surface area (Å²) in [5, 5.41) is 0. The number of carbonyl (C=O) groups is 1. The molecule has 4 rings (SSSR count). The first-order valence-corrected chi connectivity index (χ1v) is 10.9. The van der Waals surface area contributed by atoms with Crippen molar-refractivity contribution in [1.82, 2.24) is 4.90 Å². The van der Waals surface area contributed by atoms with E-state index >= 15 is 0 Å². The highest BCUT2D eigenvalue weighted by molar-refractivity contribution is 5.95. The van der Waals surface area contributed by atoms with Crippen LogP contribution in [-0.4, -0.2) is 57.0 Å². The summed E-state index contributed by atoms with van der Waals surface area (Å²) >= 11 is 0. The van der Waals surface area contributed by atoms with E-state index in [-0.39, 0.29) is 12.0 Å². The van der Waals surface area contributed by atoms with Crippen molar-refractivity contribution in [2.45, 2.75) is 25.5 Å². The molecule has 1 fully saturated rings. The van der Waals surface area contributed by atoms with Crippen molar-refractivity contribution in [3.8, 4) is 23.0 Å². The third-order valence-electron chi connectivity index (χ3n) is 5.48. The number of methoxy groups -OCH3 is 1. The van der Waals surface area contributed by atoms with Gasteiger partial charge in [-0.1, -0.05) is 18.7 Å². The molecule has 2 aromatic carbocycles. The van der Waals surface area contributed by atoms with Crippen LogP contribution in [0.1, 0.15) is 28.8 Å². The van der Waals surface area contributed by atoms with Crippen LogP contribution in [0.2, 0.25) is 0 Å². The second kappa shape index (κ2) is 10.4. The fourth-order valence-electron chi connectivity index (χ4n) is 3.91. The number of nitrogens with zero attached hydrogens (tertiary/aromatic N) is 1. The van der Waals surface area contributed by atoms with E-state index in [4.69, 9.17) is 23.7 Å². The van der Waals surface area contributed by atoms with Crippen LogP contribution in [0.25, 0.3) is 0 Å². The third kappa shape index (κ3) is 5.16. The molecule has 0 bridgehead atoms. The Labute approximate surface area is 188 Å². The Kier molecular flexibility index (Phi) is 7.17. The average molecular weight is 440 g/mol. The van der Waals surface area contributed by atoms with Gasteiger partial charge >= 0.3 is 0 Å². The number of rotatable bonds is 9. The molecule has 2 aliphatic heterocycles. The van der Waals surface area contributed by atoms with E-state index < -0.39 is 0 Å².